The predicted molar refractivity (Wildman–Crippen MR) is 30.9 cm³/mol. The van der Waals surface area contributed by atoms with Gasteiger partial charge in [0.15, 0.2) is 6.17 Å². The number of imidazole rings is 1. The molecule has 0 radical (unpaired) electrons. The van der Waals surface area contributed by atoms with Crippen molar-refractivity contribution < 1.29 is 0 Å². The van der Waals surface area contributed by atoms with Crippen LogP contribution >= 0.6 is 0 Å². The van der Waals surface area contributed by atoms with E-state index in [-0.39, 0.29) is 6.17 Å². The molecule has 0 spiro atoms. The first kappa shape index (κ1) is 4.67. The Bertz CT molecular complexity index is 207. The first-order valence-corrected chi connectivity index (χ1v) is 2.82. The largest absolute Gasteiger partial charge is 0.348 e. The van der Waals surface area contributed by atoms with Gasteiger partial charge < -0.3 is 4.98 Å². The van der Waals surface area contributed by atoms with Gasteiger partial charge in [-0.15, -0.1) is 0 Å². The molecule has 0 atom stereocenters. The Labute approximate surface area is 52.0 Å². The Hall–Kier alpha value is -1.19. The van der Waals surface area contributed by atoms with Gasteiger partial charge in [-0.3, -0.25) is 0 Å². The number of rotatable bonds is 2. The van der Waals surface area contributed by atoms with Crippen molar-refractivity contribution in [1.82, 2.24) is 9.97 Å². The SMILES string of the molecule is c1ncc(CC2[15N]=[15N]2)[nH]1. The van der Waals surface area contributed by atoms with E-state index in [4.69, 9.17) is 0 Å². The molecule has 46 valence electrons. The van der Waals surface area contributed by atoms with E-state index in [0.29, 0.717) is 0 Å². The number of nitrogens with one attached hydrogen (secondary N) is 1. The summed E-state index contributed by atoms with van der Waals surface area (Å²) < 4.78 is 0. The summed E-state index contributed by atoms with van der Waals surface area (Å²) in [5.74, 6) is 0. The van der Waals surface area contributed by atoms with Crippen molar-refractivity contribution in [3.8, 4) is 0 Å². The molecule has 0 aromatic carbocycles. The molecule has 1 aromatic rings. The second-order valence-electron chi connectivity index (χ2n) is 1.99. The Morgan fingerprint density at radius 3 is 3.00 bits per heavy atom. The van der Waals surface area contributed by atoms with Crippen molar-refractivity contribution in [2.75, 3.05) is 0 Å². The first-order chi connectivity index (χ1) is 4.45. The van der Waals surface area contributed by atoms with Gasteiger partial charge in [0.2, 0.25) is 0 Å². The minimum absolute atomic E-state index is 0.213. The van der Waals surface area contributed by atoms with Gasteiger partial charge >= 0.3 is 0 Å². The molecular weight excluding hydrogens is 118 g/mol. The molecule has 0 fully saturated rings. The van der Waals surface area contributed by atoms with Crippen molar-refractivity contribution in [3.63, 3.8) is 0 Å². The molecule has 1 N–H and O–H groups in total. The number of H-pyrrole nitrogens is 1. The maximum atomic E-state index is 3.86. The van der Waals surface area contributed by atoms with Crippen LogP contribution in [0.2, 0.25) is 0 Å². The quantitative estimate of drug-likeness (QED) is 0.581. The average molecular weight is 124 g/mol. The van der Waals surface area contributed by atoms with E-state index >= 15 is 0 Å². The third-order valence-corrected chi connectivity index (χ3v) is 1.24. The summed E-state index contributed by atoms with van der Waals surface area (Å²) in [6, 6.07) is 0. The summed E-state index contributed by atoms with van der Waals surface area (Å²) in [5, 5.41) is 7.51. The van der Waals surface area contributed by atoms with Gasteiger partial charge in [-0.2, -0.15) is 10.2 Å². The van der Waals surface area contributed by atoms with Crippen LogP contribution in [-0.4, -0.2) is 16.1 Å². The van der Waals surface area contributed by atoms with E-state index < -0.39 is 0 Å². The number of hydrogen-bond donors (Lipinski definition) is 1. The lowest BCUT2D eigenvalue weighted by Crippen LogP contribution is -1.91. The van der Waals surface area contributed by atoms with Gasteiger partial charge in [0.05, 0.1) is 6.33 Å². The summed E-state index contributed by atoms with van der Waals surface area (Å²) in [7, 11) is 0. The highest BCUT2D eigenvalue weighted by atomic mass is 16.2. The molecule has 1 aromatic heterocycles. The van der Waals surface area contributed by atoms with E-state index in [1.165, 1.54) is 0 Å². The molecule has 4 heteroatoms. The van der Waals surface area contributed by atoms with E-state index in [2.05, 4.69) is 20.2 Å². The van der Waals surface area contributed by atoms with Gasteiger partial charge in [-0.05, 0) is 0 Å². The lowest BCUT2D eigenvalue weighted by molar-refractivity contribution is 0.878. The van der Waals surface area contributed by atoms with Gasteiger partial charge in [0, 0.05) is 18.3 Å². The fraction of sp³-hybridized carbons (Fsp3) is 0.400. The smallest absolute Gasteiger partial charge is 0.186 e. The van der Waals surface area contributed by atoms with Crippen molar-refractivity contribution in [3.05, 3.63) is 18.2 Å². The third-order valence-electron chi connectivity index (χ3n) is 1.24. The third kappa shape index (κ3) is 0.960. The van der Waals surface area contributed by atoms with Gasteiger partial charge in [-0.1, -0.05) is 0 Å². The summed E-state index contributed by atoms with van der Waals surface area (Å²) >= 11 is 0. The molecule has 2 rings (SSSR count). The summed E-state index contributed by atoms with van der Waals surface area (Å²) in [5.41, 5.74) is 1.10. The van der Waals surface area contributed by atoms with Crippen LogP contribution in [0.5, 0.6) is 0 Å². The first-order valence-electron chi connectivity index (χ1n) is 2.82. The summed E-state index contributed by atoms with van der Waals surface area (Å²) in [4.78, 5) is 6.84. The lowest BCUT2D eigenvalue weighted by atomic mass is 10.3. The molecule has 4 nitrogen and oxygen atoms in total. The van der Waals surface area contributed by atoms with E-state index in [0.717, 1.165) is 12.1 Å². The predicted octanol–water partition coefficient (Wildman–Crippen LogP) is 0.744. The Kier molecular flexibility index (Phi) is 0.855. The molecule has 0 bridgehead atoms. The molecule has 9 heavy (non-hydrogen) atoms. The highest BCUT2D eigenvalue weighted by molar-refractivity contribution is 4.98. The Morgan fingerprint density at radius 2 is 2.44 bits per heavy atom. The van der Waals surface area contributed by atoms with Crippen LogP contribution in [0.1, 0.15) is 5.69 Å². The number of aromatic amines is 1. The fourth-order valence-corrected chi connectivity index (χ4v) is 0.722. The van der Waals surface area contributed by atoms with Crippen LogP contribution in [-0.2, 0) is 6.42 Å². The van der Waals surface area contributed by atoms with Gasteiger partial charge in [-0.25, -0.2) is 4.98 Å². The monoisotopic (exact) mass is 124 g/mol. The number of nitrogens with zero attached hydrogens (tertiary/aromatic N) is 3. The molecule has 1 aliphatic rings. The van der Waals surface area contributed by atoms with Crippen LogP contribution in [0.15, 0.2) is 22.8 Å². The van der Waals surface area contributed by atoms with E-state index in [9.17, 15) is 0 Å². The van der Waals surface area contributed by atoms with Gasteiger partial charge in [0.25, 0.3) is 0 Å². The van der Waals surface area contributed by atoms with E-state index in [1.807, 2.05) is 0 Å². The van der Waals surface area contributed by atoms with Crippen LogP contribution in [0.3, 0.4) is 0 Å². The second kappa shape index (κ2) is 1.65. The second-order valence-corrected chi connectivity index (χ2v) is 1.99. The van der Waals surface area contributed by atoms with Crippen molar-refractivity contribution in [2.45, 2.75) is 12.6 Å². The average Bonchev–Trinajstić information content (AvgIpc) is 2.46. The van der Waals surface area contributed by atoms with Crippen molar-refractivity contribution in [1.29, 1.82) is 0 Å². The maximum absolute atomic E-state index is 3.86. The topological polar surface area (TPSA) is 53.4 Å². The highest BCUT2D eigenvalue weighted by Gasteiger charge is 2.15. The molecule has 0 amide bonds. The van der Waals surface area contributed by atoms with Gasteiger partial charge in [0.1, 0.15) is 0 Å². The molecule has 1 aliphatic heterocycles. The van der Waals surface area contributed by atoms with Crippen molar-refractivity contribution >= 4 is 0 Å². The van der Waals surface area contributed by atoms with Crippen LogP contribution in [0.25, 0.3) is 0 Å². The highest BCUT2D eigenvalue weighted by Crippen LogP contribution is 2.14. The zero-order valence-electron chi connectivity index (χ0n) is 4.78. The number of hydrogen-bond acceptors (Lipinski definition) is 3. The lowest BCUT2D eigenvalue weighted by Gasteiger charge is -1.85. The van der Waals surface area contributed by atoms with Crippen LogP contribution in [0.4, 0.5) is 0 Å². The zero-order valence-corrected chi connectivity index (χ0v) is 4.78. The molecule has 0 saturated carbocycles. The molecule has 0 saturated heterocycles. The van der Waals surface area contributed by atoms with Crippen molar-refractivity contribution in [2.24, 2.45) is 10.2 Å². The molecule has 0 aliphatic carbocycles. The zero-order chi connectivity index (χ0) is 6.10. The Morgan fingerprint density at radius 1 is 1.56 bits per heavy atom. The normalized spacial score (nSPS) is 16.4. The minimum atomic E-state index is 0.213. The standard InChI is InChI=1S/C5H6N4/c1(5-8-9-5)4-2-6-3-7-4/h2-3,5H,1H2,(H,6,7)/i8+1,9+1. The fourth-order valence-electron chi connectivity index (χ4n) is 0.722. The number of aromatic nitrogens is 2. The molecular formula is C5H6N4. The Balaban J connectivity index is 1.99. The summed E-state index contributed by atoms with van der Waals surface area (Å²) in [6.07, 6.45) is 4.55. The van der Waals surface area contributed by atoms with Crippen LogP contribution in [0, 0.1) is 0 Å². The van der Waals surface area contributed by atoms with Crippen LogP contribution < -0.4 is 0 Å². The minimum Gasteiger partial charge on any atom is -0.348 e. The van der Waals surface area contributed by atoms with E-state index in [1.54, 1.807) is 12.5 Å². The molecule has 2 heterocycles. The summed E-state index contributed by atoms with van der Waals surface area (Å²) in [6.45, 7) is 0. The molecule has 0 unspecified atom stereocenters. The maximum Gasteiger partial charge on any atom is 0.186 e.